The number of fused-ring (bicyclic) bond motifs is 1. The minimum Gasteiger partial charge on any atom is -0.314 e. The van der Waals surface area contributed by atoms with Crippen LogP contribution in [0.4, 0.5) is 0 Å². The highest BCUT2D eigenvalue weighted by Crippen LogP contribution is 2.21. The highest BCUT2D eigenvalue weighted by molar-refractivity contribution is 5.83. The number of carbonyl (C=O) groups is 1. The Morgan fingerprint density at radius 3 is 2.84 bits per heavy atom. The van der Waals surface area contributed by atoms with Gasteiger partial charge in [-0.25, -0.2) is 4.98 Å². The summed E-state index contributed by atoms with van der Waals surface area (Å²) < 4.78 is 1.46. The largest absolute Gasteiger partial charge is 0.314 e. The van der Waals surface area contributed by atoms with Gasteiger partial charge in [-0.1, -0.05) is 26.3 Å². The molecule has 1 saturated heterocycles. The van der Waals surface area contributed by atoms with Crippen LogP contribution in [0.3, 0.4) is 0 Å². The van der Waals surface area contributed by atoms with Crippen molar-refractivity contribution in [2.45, 2.75) is 65.0 Å². The number of rotatable bonds is 5. The van der Waals surface area contributed by atoms with Crippen molar-refractivity contribution in [3.05, 3.63) is 39.9 Å². The summed E-state index contributed by atoms with van der Waals surface area (Å²) in [5, 5.41) is 3.99. The molecule has 1 unspecified atom stereocenters. The topological polar surface area (TPSA) is 64.0 Å². The summed E-state index contributed by atoms with van der Waals surface area (Å²) in [6.45, 7) is 7.27. The average Bonchev–Trinajstić information content (AvgIpc) is 2.58. The normalized spacial score (nSPS) is 18.0. The van der Waals surface area contributed by atoms with Crippen molar-refractivity contribution in [2.75, 3.05) is 6.54 Å². The highest BCUT2D eigenvalue weighted by Gasteiger charge is 2.17. The Hall–Kier alpha value is -2.01. The molecule has 1 aromatic carbocycles. The van der Waals surface area contributed by atoms with Gasteiger partial charge in [0.05, 0.1) is 23.8 Å². The molecule has 0 saturated carbocycles. The third-order valence-electron chi connectivity index (χ3n) is 5.04. The monoisotopic (exact) mass is 341 g/mol. The first-order chi connectivity index (χ1) is 12.0. The lowest BCUT2D eigenvalue weighted by Gasteiger charge is -2.22. The van der Waals surface area contributed by atoms with Crippen molar-refractivity contribution >= 4 is 16.7 Å². The molecule has 25 heavy (non-hydrogen) atoms. The predicted octanol–water partition coefficient (Wildman–Crippen LogP) is 2.93. The Kier molecular flexibility index (Phi) is 5.33. The number of nitrogens with zero attached hydrogens (tertiary/aromatic N) is 2. The molecule has 1 fully saturated rings. The minimum atomic E-state index is -0.124. The van der Waals surface area contributed by atoms with E-state index in [1.165, 1.54) is 23.7 Å². The second-order valence-electron chi connectivity index (χ2n) is 7.46. The van der Waals surface area contributed by atoms with Gasteiger partial charge in [0.15, 0.2) is 5.78 Å². The number of benzene rings is 1. The van der Waals surface area contributed by atoms with E-state index in [4.69, 9.17) is 0 Å². The van der Waals surface area contributed by atoms with Crippen LogP contribution in [0, 0.1) is 6.92 Å². The van der Waals surface area contributed by atoms with E-state index < -0.39 is 0 Å². The van der Waals surface area contributed by atoms with Gasteiger partial charge in [-0.05, 0) is 49.4 Å². The SMILES string of the molecule is Cc1cc(C(C)C)cc2c(=O)n(CC(=O)CC3CCCCN3)cnc12. The van der Waals surface area contributed by atoms with Crippen LogP contribution in [0.5, 0.6) is 0 Å². The van der Waals surface area contributed by atoms with E-state index in [1.54, 1.807) is 0 Å². The zero-order chi connectivity index (χ0) is 18.0. The molecule has 0 spiro atoms. The Balaban J connectivity index is 1.85. The maximum Gasteiger partial charge on any atom is 0.261 e. The van der Waals surface area contributed by atoms with Crippen molar-refractivity contribution in [2.24, 2.45) is 0 Å². The van der Waals surface area contributed by atoms with E-state index in [-0.39, 0.29) is 23.9 Å². The zero-order valence-corrected chi connectivity index (χ0v) is 15.3. The van der Waals surface area contributed by atoms with Crippen molar-refractivity contribution in [3.63, 3.8) is 0 Å². The molecule has 1 aliphatic heterocycles. The van der Waals surface area contributed by atoms with Gasteiger partial charge in [0.2, 0.25) is 0 Å². The van der Waals surface area contributed by atoms with Gasteiger partial charge in [-0.15, -0.1) is 0 Å². The van der Waals surface area contributed by atoms with Crippen LogP contribution < -0.4 is 10.9 Å². The third kappa shape index (κ3) is 3.98. The molecule has 1 N–H and O–H groups in total. The summed E-state index contributed by atoms with van der Waals surface area (Å²) in [6, 6.07) is 4.26. The fourth-order valence-electron chi connectivity index (χ4n) is 3.55. The smallest absolute Gasteiger partial charge is 0.261 e. The van der Waals surface area contributed by atoms with Crippen molar-refractivity contribution < 1.29 is 4.79 Å². The third-order valence-corrected chi connectivity index (χ3v) is 5.04. The minimum absolute atomic E-state index is 0.0828. The van der Waals surface area contributed by atoms with Gasteiger partial charge >= 0.3 is 0 Å². The van der Waals surface area contributed by atoms with Crippen LogP contribution in [0.1, 0.15) is 56.6 Å². The molecule has 0 bridgehead atoms. The summed E-state index contributed by atoms with van der Waals surface area (Å²) >= 11 is 0. The Morgan fingerprint density at radius 1 is 1.36 bits per heavy atom. The number of hydrogen-bond donors (Lipinski definition) is 1. The van der Waals surface area contributed by atoms with E-state index in [2.05, 4.69) is 30.2 Å². The highest BCUT2D eigenvalue weighted by atomic mass is 16.1. The first-order valence-corrected chi connectivity index (χ1v) is 9.20. The average molecular weight is 341 g/mol. The molecule has 0 radical (unpaired) electrons. The lowest BCUT2D eigenvalue weighted by molar-refractivity contribution is -0.120. The summed E-state index contributed by atoms with van der Waals surface area (Å²) in [4.78, 5) is 29.7. The maximum absolute atomic E-state index is 12.8. The number of carbonyl (C=O) groups excluding carboxylic acids is 1. The molecule has 5 heteroatoms. The molecule has 2 heterocycles. The fourth-order valence-corrected chi connectivity index (χ4v) is 3.55. The van der Waals surface area contributed by atoms with Crippen LogP contribution in [0.15, 0.2) is 23.3 Å². The van der Waals surface area contributed by atoms with Gasteiger partial charge in [0, 0.05) is 12.5 Å². The Morgan fingerprint density at radius 2 is 2.16 bits per heavy atom. The number of aryl methyl sites for hydroxylation is 1. The molecule has 0 aliphatic carbocycles. The van der Waals surface area contributed by atoms with Crippen LogP contribution in [-0.4, -0.2) is 27.9 Å². The molecular weight excluding hydrogens is 314 g/mol. The lowest BCUT2D eigenvalue weighted by Crippen LogP contribution is -2.37. The second-order valence-corrected chi connectivity index (χ2v) is 7.46. The van der Waals surface area contributed by atoms with E-state index in [0.29, 0.717) is 17.7 Å². The van der Waals surface area contributed by atoms with E-state index in [0.717, 1.165) is 29.6 Å². The Labute approximate surface area is 148 Å². The van der Waals surface area contributed by atoms with Crippen molar-refractivity contribution in [1.29, 1.82) is 0 Å². The molecule has 1 aliphatic rings. The number of ketones is 1. The number of hydrogen-bond acceptors (Lipinski definition) is 4. The summed E-state index contributed by atoms with van der Waals surface area (Å²) in [6.07, 6.45) is 5.37. The lowest BCUT2D eigenvalue weighted by atomic mass is 9.98. The molecule has 1 aromatic heterocycles. The van der Waals surface area contributed by atoms with Gasteiger partial charge in [0.1, 0.15) is 0 Å². The van der Waals surface area contributed by atoms with Crippen LogP contribution in [-0.2, 0) is 11.3 Å². The molecule has 5 nitrogen and oxygen atoms in total. The maximum atomic E-state index is 12.8. The first kappa shape index (κ1) is 17.8. The standard InChI is InChI=1S/C20H27N3O2/c1-13(2)15-8-14(3)19-18(9-15)20(25)23(12-22-19)11-17(24)10-16-6-4-5-7-21-16/h8-9,12-13,16,21H,4-7,10-11H2,1-3H3. The number of nitrogens with one attached hydrogen (secondary N) is 1. The van der Waals surface area contributed by atoms with Gasteiger partial charge in [-0.3, -0.25) is 14.2 Å². The molecular formula is C20H27N3O2. The zero-order valence-electron chi connectivity index (χ0n) is 15.3. The van der Waals surface area contributed by atoms with Gasteiger partial charge in [0.25, 0.3) is 5.56 Å². The molecule has 2 aromatic rings. The van der Waals surface area contributed by atoms with Crippen LogP contribution in [0.2, 0.25) is 0 Å². The molecule has 3 rings (SSSR count). The number of Topliss-reactive ketones (excluding diaryl/α,β-unsaturated/α-hetero) is 1. The van der Waals surface area contributed by atoms with Crippen molar-refractivity contribution in [1.82, 2.24) is 14.9 Å². The van der Waals surface area contributed by atoms with Crippen molar-refractivity contribution in [3.8, 4) is 0 Å². The quantitative estimate of drug-likeness (QED) is 0.908. The molecule has 0 amide bonds. The summed E-state index contributed by atoms with van der Waals surface area (Å²) in [5.41, 5.74) is 2.73. The van der Waals surface area contributed by atoms with Crippen LogP contribution >= 0.6 is 0 Å². The van der Waals surface area contributed by atoms with Gasteiger partial charge < -0.3 is 5.32 Å². The predicted molar refractivity (Wildman–Crippen MR) is 100 cm³/mol. The molecule has 134 valence electrons. The van der Waals surface area contributed by atoms with E-state index >= 15 is 0 Å². The number of piperidine rings is 1. The summed E-state index contributed by atoms with van der Waals surface area (Å²) in [5.74, 6) is 0.426. The first-order valence-electron chi connectivity index (χ1n) is 9.20. The number of aromatic nitrogens is 2. The Bertz CT molecular complexity index is 833. The van der Waals surface area contributed by atoms with E-state index in [1.807, 2.05) is 13.0 Å². The molecule has 1 atom stereocenters. The summed E-state index contributed by atoms with van der Waals surface area (Å²) in [7, 11) is 0. The van der Waals surface area contributed by atoms with Crippen LogP contribution in [0.25, 0.3) is 10.9 Å². The van der Waals surface area contributed by atoms with E-state index in [9.17, 15) is 9.59 Å². The van der Waals surface area contributed by atoms with Gasteiger partial charge in [-0.2, -0.15) is 0 Å². The fraction of sp³-hybridized carbons (Fsp3) is 0.550. The second kappa shape index (κ2) is 7.48.